The van der Waals surface area contributed by atoms with Gasteiger partial charge in [0.1, 0.15) is 0 Å². The van der Waals surface area contributed by atoms with E-state index in [2.05, 4.69) is 43.4 Å². The van der Waals surface area contributed by atoms with Crippen LogP contribution in [0.1, 0.15) is 32.3 Å². The van der Waals surface area contributed by atoms with Crippen LogP contribution in [0.3, 0.4) is 0 Å². The molecule has 1 aromatic carbocycles. The molecule has 2 nitrogen and oxygen atoms in total. The van der Waals surface area contributed by atoms with Crippen molar-refractivity contribution in [2.75, 3.05) is 26.0 Å². The molecule has 3 heteroatoms. The van der Waals surface area contributed by atoms with Gasteiger partial charge >= 0.3 is 0 Å². The van der Waals surface area contributed by atoms with Gasteiger partial charge in [0.15, 0.2) is 0 Å². The summed E-state index contributed by atoms with van der Waals surface area (Å²) in [4.78, 5) is 1.38. The Kier molecular flexibility index (Phi) is 8.97. The van der Waals surface area contributed by atoms with Gasteiger partial charge in [0, 0.05) is 30.8 Å². The molecule has 19 heavy (non-hydrogen) atoms. The minimum atomic E-state index is 0.767. The number of thioether (sulfide) groups is 1. The van der Waals surface area contributed by atoms with Crippen LogP contribution >= 0.6 is 11.8 Å². The van der Waals surface area contributed by atoms with E-state index in [1.165, 1.54) is 29.1 Å². The van der Waals surface area contributed by atoms with E-state index in [1.54, 1.807) is 7.11 Å². The summed E-state index contributed by atoms with van der Waals surface area (Å²) in [5.74, 6) is 2.03. The second-order valence-corrected chi connectivity index (χ2v) is 6.11. The van der Waals surface area contributed by atoms with Crippen LogP contribution < -0.4 is 5.32 Å². The Labute approximate surface area is 122 Å². The van der Waals surface area contributed by atoms with Gasteiger partial charge in [-0.1, -0.05) is 38.8 Å². The van der Waals surface area contributed by atoms with Gasteiger partial charge in [0.2, 0.25) is 0 Å². The van der Waals surface area contributed by atoms with Crippen LogP contribution in [0.25, 0.3) is 0 Å². The molecule has 0 aromatic heterocycles. The lowest BCUT2D eigenvalue weighted by atomic mass is 10.1. The molecule has 1 rings (SSSR count). The molecular formula is C16H27NOS. The molecule has 0 saturated heterocycles. The lowest BCUT2D eigenvalue weighted by Crippen LogP contribution is -2.18. The molecule has 108 valence electrons. The first-order valence-electron chi connectivity index (χ1n) is 7.17. The van der Waals surface area contributed by atoms with E-state index < -0.39 is 0 Å². The van der Waals surface area contributed by atoms with Crippen LogP contribution in [0.4, 0.5) is 0 Å². The molecular weight excluding hydrogens is 254 g/mol. The third-order valence-electron chi connectivity index (χ3n) is 3.05. The number of rotatable bonds is 10. The first-order chi connectivity index (χ1) is 9.26. The molecule has 1 aromatic rings. The Morgan fingerprint density at radius 2 is 2.00 bits per heavy atom. The van der Waals surface area contributed by atoms with Crippen molar-refractivity contribution in [3.63, 3.8) is 0 Å². The molecule has 0 aliphatic heterocycles. The van der Waals surface area contributed by atoms with Gasteiger partial charge in [-0.05, 0) is 23.6 Å². The average Bonchev–Trinajstić information content (AvgIpc) is 2.43. The zero-order valence-electron chi connectivity index (χ0n) is 12.4. The largest absolute Gasteiger partial charge is 0.383 e. The predicted octanol–water partition coefficient (Wildman–Crippen LogP) is 3.95. The second-order valence-electron chi connectivity index (χ2n) is 5.02. The van der Waals surface area contributed by atoms with Crippen LogP contribution in [0.15, 0.2) is 29.2 Å². The van der Waals surface area contributed by atoms with Crippen molar-refractivity contribution >= 4 is 11.8 Å². The van der Waals surface area contributed by atoms with Crippen LogP contribution in [-0.2, 0) is 11.3 Å². The molecule has 0 aliphatic carbocycles. The fraction of sp³-hybridized carbons (Fsp3) is 0.625. The lowest BCUT2D eigenvalue weighted by molar-refractivity contribution is 0.199. The summed E-state index contributed by atoms with van der Waals surface area (Å²) in [6.07, 6.45) is 2.61. The number of hydrogen-bond donors (Lipinski definition) is 1. The number of hydrogen-bond acceptors (Lipinski definition) is 3. The summed E-state index contributed by atoms with van der Waals surface area (Å²) in [7, 11) is 1.73. The molecule has 0 bridgehead atoms. The molecule has 1 unspecified atom stereocenters. The minimum Gasteiger partial charge on any atom is -0.383 e. The zero-order valence-corrected chi connectivity index (χ0v) is 13.3. The van der Waals surface area contributed by atoms with Crippen molar-refractivity contribution in [1.82, 2.24) is 5.32 Å². The molecule has 1 atom stereocenters. The highest BCUT2D eigenvalue weighted by Gasteiger charge is 2.02. The minimum absolute atomic E-state index is 0.767. The van der Waals surface area contributed by atoms with E-state index in [4.69, 9.17) is 4.74 Å². The summed E-state index contributed by atoms with van der Waals surface area (Å²) in [5.41, 5.74) is 1.34. The highest BCUT2D eigenvalue weighted by molar-refractivity contribution is 7.99. The number of benzene rings is 1. The summed E-state index contributed by atoms with van der Waals surface area (Å²) < 4.78 is 5.01. The van der Waals surface area contributed by atoms with Crippen molar-refractivity contribution in [2.45, 2.75) is 38.1 Å². The smallest absolute Gasteiger partial charge is 0.0587 e. The predicted molar refractivity (Wildman–Crippen MR) is 84.8 cm³/mol. The first-order valence-corrected chi connectivity index (χ1v) is 8.16. The molecule has 0 spiro atoms. The highest BCUT2D eigenvalue weighted by atomic mass is 32.2. The summed E-state index contributed by atoms with van der Waals surface area (Å²) in [5, 5.41) is 3.36. The summed E-state index contributed by atoms with van der Waals surface area (Å²) in [6.45, 7) is 7.18. The van der Waals surface area contributed by atoms with Crippen LogP contribution in [0.2, 0.25) is 0 Å². The Bertz CT molecular complexity index is 326. The molecule has 0 heterocycles. The fourth-order valence-corrected chi connectivity index (χ4v) is 2.90. The fourth-order valence-electron chi connectivity index (χ4n) is 1.93. The molecule has 0 saturated carbocycles. The van der Waals surface area contributed by atoms with Gasteiger partial charge in [-0.15, -0.1) is 11.8 Å². The third-order valence-corrected chi connectivity index (χ3v) is 4.39. The first kappa shape index (κ1) is 16.5. The van der Waals surface area contributed by atoms with Crippen molar-refractivity contribution in [1.29, 1.82) is 0 Å². The van der Waals surface area contributed by atoms with Gasteiger partial charge in [-0.3, -0.25) is 0 Å². The Morgan fingerprint density at radius 1 is 1.26 bits per heavy atom. The monoisotopic (exact) mass is 281 g/mol. The lowest BCUT2D eigenvalue weighted by Gasteiger charge is -2.10. The van der Waals surface area contributed by atoms with Gasteiger partial charge in [-0.25, -0.2) is 0 Å². The van der Waals surface area contributed by atoms with E-state index in [1.807, 2.05) is 11.8 Å². The van der Waals surface area contributed by atoms with Crippen LogP contribution in [-0.4, -0.2) is 26.0 Å². The maximum absolute atomic E-state index is 5.01. The summed E-state index contributed by atoms with van der Waals surface area (Å²) >= 11 is 1.97. The quantitative estimate of drug-likeness (QED) is 0.518. The molecule has 0 aliphatic rings. The Morgan fingerprint density at radius 3 is 2.63 bits per heavy atom. The standard InChI is InChI=1S/C16H27NOS/c1-4-5-14(2)13-19-16-8-6-15(7-9-16)12-17-10-11-18-3/h6-9,14,17H,4-5,10-13H2,1-3H3. The van der Waals surface area contributed by atoms with Crippen molar-refractivity contribution in [2.24, 2.45) is 5.92 Å². The van der Waals surface area contributed by atoms with E-state index in [0.717, 1.165) is 25.6 Å². The van der Waals surface area contributed by atoms with Gasteiger partial charge < -0.3 is 10.1 Å². The van der Waals surface area contributed by atoms with Crippen molar-refractivity contribution in [3.8, 4) is 0 Å². The van der Waals surface area contributed by atoms with E-state index in [9.17, 15) is 0 Å². The number of nitrogens with one attached hydrogen (secondary N) is 1. The van der Waals surface area contributed by atoms with Crippen molar-refractivity contribution < 1.29 is 4.74 Å². The van der Waals surface area contributed by atoms with E-state index in [0.29, 0.717) is 0 Å². The number of ether oxygens (including phenoxy) is 1. The Hall–Kier alpha value is -0.510. The number of methoxy groups -OCH3 is 1. The normalized spacial score (nSPS) is 12.6. The molecule has 1 N–H and O–H groups in total. The van der Waals surface area contributed by atoms with Gasteiger partial charge in [-0.2, -0.15) is 0 Å². The SMILES string of the molecule is CCCC(C)CSc1ccc(CNCCOC)cc1. The van der Waals surface area contributed by atoms with E-state index in [-0.39, 0.29) is 0 Å². The molecule has 0 amide bonds. The Balaban J connectivity index is 2.27. The van der Waals surface area contributed by atoms with Crippen LogP contribution in [0, 0.1) is 5.92 Å². The third kappa shape index (κ3) is 7.61. The highest BCUT2D eigenvalue weighted by Crippen LogP contribution is 2.22. The molecule has 0 radical (unpaired) electrons. The molecule has 0 fully saturated rings. The maximum Gasteiger partial charge on any atom is 0.0587 e. The topological polar surface area (TPSA) is 21.3 Å². The van der Waals surface area contributed by atoms with Gasteiger partial charge in [0.25, 0.3) is 0 Å². The van der Waals surface area contributed by atoms with Gasteiger partial charge in [0.05, 0.1) is 6.61 Å². The second kappa shape index (κ2) is 10.3. The maximum atomic E-state index is 5.01. The summed E-state index contributed by atoms with van der Waals surface area (Å²) in [6, 6.07) is 8.90. The van der Waals surface area contributed by atoms with Crippen molar-refractivity contribution in [3.05, 3.63) is 29.8 Å². The van der Waals surface area contributed by atoms with Crippen LogP contribution in [0.5, 0.6) is 0 Å². The zero-order chi connectivity index (χ0) is 13.9. The van der Waals surface area contributed by atoms with E-state index >= 15 is 0 Å². The average molecular weight is 281 g/mol.